The van der Waals surface area contributed by atoms with Gasteiger partial charge in [0.25, 0.3) is 0 Å². The van der Waals surface area contributed by atoms with Crippen LogP contribution in [0.3, 0.4) is 0 Å². The van der Waals surface area contributed by atoms with E-state index in [0.29, 0.717) is 29.1 Å². The van der Waals surface area contributed by atoms with Crippen molar-refractivity contribution < 1.29 is 23.5 Å². The lowest BCUT2D eigenvalue weighted by Crippen LogP contribution is -2.50. The third kappa shape index (κ3) is 4.87. The number of fused-ring (bicyclic) bond motifs is 1. The summed E-state index contributed by atoms with van der Waals surface area (Å²) < 4.78 is 29.2. The molecule has 0 unspecified atom stereocenters. The largest absolute Gasteiger partial charge is 0.480 e. The maximum absolute atomic E-state index is 14.0. The van der Waals surface area contributed by atoms with Gasteiger partial charge in [0.05, 0.1) is 24.5 Å². The van der Waals surface area contributed by atoms with E-state index in [9.17, 15) is 23.5 Å². The molecule has 194 valence electrons. The molecule has 5 rings (SSSR count). The molecule has 0 aliphatic carbocycles. The van der Waals surface area contributed by atoms with Crippen LogP contribution in [0.2, 0.25) is 0 Å². The predicted molar refractivity (Wildman–Crippen MR) is 137 cm³/mol. The summed E-state index contributed by atoms with van der Waals surface area (Å²) in [6.45, 7) is 2.40. The summed E-state index contributed by atoms with van der Waals surface area (Å²) in [5.41, 5.74) is 10.9. The number of benzene rings is 3. The molecule has 0 spiro atoms. The molecule has 0 fully saturated rings. The SMILES string of the molecule is Cc1cc(Cn2cnc3c2C[C@@H](C(=O)O)N(C(=O)C(c2ccc(F)cc2)c2ccc(F)cc2)C3)ccc1N. The van der Waals surface area contributed by atoms with E-state index in [1.54, 1.807) is 6.33 Å². The van der Waals surface area contributed by atoms with Crippen molar-refractivity contribution in [2.45, 2.75) is 38.4 Å². The van der Waals surface area contributed by atoms with Gasteiger partial charge in [0.2, 0.25) is 5.91 Å². The highest BCUT2D eigenvalue weighted by Gasteiger charge is 2.40. The molecule has 1 aliphatic heterocycles. The third-order valence-electron chi connectivity index (χ3n) is 7.02. The molecule has 7 nitrogen and oxygen atoms in total. The van der Waals surface area contributed by atoms with Crippen LogP contribution in [0.25, 0.3) is 0 Å². The highest BCUT2D eigenvalue weighted by Crippen LogP contribution is 2.32. The molecule has 38 heavy (non-hydrogen) atoms. The van der Waals surface area contributed by atoms with Crippen LogP contribution in [0.4, 0.5) is 14.5 Å². The summed E-state index contributed by atoms with van der Waals surface area (Å²) in [6, 6.07) is 15.5. The number of nitrogens with zero attached hydrogens (tertiary/aromatic N) is 3. The number of nitrogens with two attached hydrogens (primary N) is 1. The first kappa shape index (κ1) is 25.1. The number of carboxylic acid groups (broad SMARTS) is 1. The number of rotatable bonds is 6. The number of halogens is 2. The minimum absolute atomic E-state index is 0.00219. The summed E-state index contributed by atoms with van der Waals surface area (Å²) in [4.78, 5) is 32.2. The maximum Gasteiger partial charge on any atom is 0.326 e. The summed E-state index contributed by atoms with van der Waals surface area (Å²) in [5, 5.41) is 10.1. The number of aliphatic carboxylic acids is 1. The van der Waals surface area contributed by atoms with E-state index < -0.39 is 35.5 Å². The van der Waals surface area contributed by atoms with Gasteiger partial charge in [-0.25, -0.2) is 18.6 Å². The minimum atomic E-state index is -1.14. The molecule has 0 bridgehead atoms. The highest BCUT2D eigenvalue weighted by atomic mass is 19.1. The van der Waals surface area contributed by atoms with E-state index in [1.807, 2.05) is 29.7 Å². The van der Waals surface area contributed by atoms with Crippen molar-refractivity contribution in [3.63, 3.8) is 0 Å². The van der Waals surface area contributed by atoms with E-state index in [1.165, 1.54) is 53.4 Å². The standard InChI is InChI=1S/C29H26F2N4O3/c1-17-12-18(2-11-23(17)32)14-34-16-33-24-15-35(26(29(37)38)13-25(24)34)28(36)27(19-3-7-21(30)8-4-19)20-5-9-22(31)10-6-20/h2-12,16,26-27H,13-15,32H2,1H3,(H,37,38)/t26-/m0/s1. The molecule has 1 amide bonds. The Kier molecular flexibility index (Phi) is 6.67. The molecule has 4 aromatic rings. The molecular formula is C29H26F2N4O3. The van der Waals surface area contributed by atoms with Crippen LogP contribution in [0, 0.1) is 18.6 Å². The summed E-state index contributed by atoms with van der Waals surface area (Å²) in [6.07, 6.45) is 1.73. The molecule has 0 radical (unpaired) electrons. The van der Waals surface area contributed by atoms with Crippen molar-refractivity contribution in [3.8, 4) is 0 Å². The van der Waals surface area contributed by atoms with E-state index in [-0.39, 0.29) is 13.0 Å². The average Bonchev–Trinajstić information content (AvgIpc) is 3.29. The number of anilines is 1. The van der Waals surface area contributed by atoms with Crippen molar-refractivity contribution in [3.05, 3.63) is 118 Å². The number of nitrogen functional groups attached to an aromatic ring is 1. The summed E-state index contributed by atoms with van der Waals surface area (Å²) >= 11 is 0. The van der Waals surface area contributed by atoms with Crippen LogP contribution in [0.15, 0.2) is 73.1 Å². The first-order chi connectivity index (χ1) is 18.2. The van der Waals surface area contributed by atoms with Gasteiger partial charge in [0.1, 0.15) is 17.7 Å². The Morgan fingerprint density at radius 2 is 1.63 bits per heavy atom. The van der Waals surface area contributed by atoms with Crippen molar-refractivity contribution in [2.24, 2.45) is 0 Å². The molecule has 9 heteroatoms. The van der Waals surface area contributed by atoms with Crippen LogP contribution < -0.4 is 5.73 Å². The molecular weight excluding hydrogens is 490 g/mol. The van der Waals surface area contributed by atoms with Gasteiger partial charge in [-0.1, -0.05) is 36.4 Å². The lowest BCUT2D eigenvalue weighted by molar-refractivity contribution is -0.151. The smallest absolute Gasteiger partial charge is 0.326 e. The quantitative estimate of drug-likeness (QED) is 0.373. The van der Waals surface area contributed by atoms with Gasteiger partial charge in [-0.15, -0.1) is 0 Å². The van der Waals surface area contributed by atoms with E-state index in [0.717, 1.165) is 16.8 Å². The maximum atomic E-state index is 14.0. The Balaban J connectivity index is 1.49. The van der Waals surface area contributed by atoms with Crippen LogP contribution in [-0.2, 0) is 29.1 Å². The second-order valence-corrected chi connectivity index (χ2v) is 9.52. The second kappa shape index (κ2) is 10.1. The van der Waals surface area contributed by atoms with Gasteiger partial charge < -0.3 is 20.3 Å². The summed E-state index contributed by atoms with van der Waals surface area (Å²) in [7, 11) is 0. The number of imidazole rings is 1. The number of aryl methyl sites for hydroxylation is 1. The Morgan fingerprint density at radius 3 is 2.18 bits per heavy atom. The van der Waals surface area contributed by atoms with Crippen molar-refractivity contribution in [1.29, 1.82) is 0 Å². The molecule has 1 aliphatic rings. The normalized spacial score (nSPS) is 14.9. The van der Waals surface area contributed by atoms with Crippen LogP contribution >= 0.6 is 0 Å². The molecule has 3 aromatic carbocycles. The van der Waals surface area contributed by atoms with Gasteiger partial charge in [-0.3, -0.25) is 4.79 Å². The van der Waals surface area contributed by atoms with Gasteiger partial charge in [0, 0.05) is 24.3 Å². The first-order valence-electron chi connectivity index (χ1n) is 12.1. The topological polar surface area (TPSA) is 101 Å². The van der Waals surface area contributed by atoms with Gasteiger partial charge in [-0.05, 0) is 59.5 Å². The van der Waals surface area contributed by atoms with E-state index >= 15 is 0 Å². The highest BCUT2D eigenvalue weighted by molar-refractivity contribution is 5.91. The van der Waals surface area contributed by atoms with E-state index in [2.05, 4.69) is 4.98 Å². The molecule has 2 heterocycles. The number of carbonyl (C=O) groups is 2. The summed E-state index contributed by atoms with van der Waals surface area (Å²) in [5.74, 6) is -3.50. The minimum Gasteiger partial charge on any atom is -0.480 e. The number of amides is 1. The lowest BCUT2D eigenvalue weighted by Gasteiger charge is -2.35. The fourth-order valence-electron chi connectivity index (χ4n) is 4.96. The predicted octanol–water partition coefficient (Wildman–Crippen LogP) is 4.27. The molecule has 0 saturated heterocycles. The molecule has 1 aromatic heterocycles. The fourth-order valence-corrected chi connectivity index (χ4v) is 4.96. The number of aromatic nitrogens is 2. The number of carboxylic acids is 1. The Morgan fingerprint density at radius 1 is 1.03 bits per heavy atom. The fraction of sp³-hybridized carbons (Fsp3) is 0.207. The zero-order chi connectivity index (χ0) is 27.0. The first-order valence-corrected chi connectivity index (χ1v) is 12.1. The Bertz CT molecular complexity index is 1450. The number of hydrogen-bond donors (Lipinski definition) is 2. The zero-order valence-electron chi connectivity index (χ0n) is 20.6. The lowest BCUT2D eigenvalue weighted by atomic mass is 9.88. The Labute approximate surface area is 218 Å². The number of hydrogen-bond acceptors (Lipinski definition) is 4. The van der Waals surface area contributed by atoms with Crippen LogP contribution in [-0.4, -0.2) is 37.5 Å². The van der Waals surface area contributed by atoms with E-state index in [4.69, 9.17) is 5.73 Å². The number of carbonyl (C=O) groups excluding carboxylic acids is 1. The second-order valence-electron chi connectivity index (χ2n) is 9.52. The van der Waals surface area contributed by atoms with Gasteiger partial charge in [0.15, 0.2) is 0 Å². The molecule has 3 N–H and O–H groups in total. The van der Waals surface area contributed by atoms with Crippen molar-refractivity contribution in [2.75, 3.05) is 5.73 Å². The van der Waals surface area contributed by atoms with Gasteiger partial charge >= 0.3 is 5.97 Å². The monoisotopic (exact) mass is 516 g/mol. The van der Waals surface area contributed by atoms with Crippen LogP contribution in [0.1, 0.15) is 39.6 Å². The molecule has 1 atom stereocenters. The van der Waals surface area contributed by atoms with Crippen molar-refractivity contribution in [1.82, 2.24) is 14.5 Å². The molecule has 0 saturated carbocycles. The average molecular weight is 517 g/mol. The van der Waals surface area contributed by atoms with Gasteiger partial charge in [-0.2, -0.15) is 0 Å². The Hall–Kier alpha value is -4.53. The zero-order valence-corrected chi connectivity index (χ0v) is 20.6. The van der Waals surface area contributed by atoms with Crippen molar-refractivity contribution >= 4 is 17.6 Å². The third-order valence-corrected chi connectivity index (χ3v) is 7.02. The van der Waals surface area contributed by atoms with Crippen LogP contribution in [0.5, 0.6) is 0 Å².